The minimum atomic E-state index is -0.761. The standard InChI is InChI=1S/C21H24O5/c1-21(2)25-18-6-4-5-16(20(18)19(26-21)11-12-22)14-24-13-15-7-9-17(23-3)10-8-15/h4-10,12,19H,11,13-14H2,1-3H3. The van der Waals surface area contributed by atoms with E-state index in [0.717, 1.165) is 34.5 Å². The van der Waals surface area contributed by atoms with Crippen LogP contribution in [-0.4, -0.2) is 19.2 Å². The van der Waals surface area contributed by atoms with Crippen molar-refractivity contribution in [3.63, 3.8) is 0 Å². The second-order valence-corrected chi connectivity index (χ2v) is 6.68. The Morgan fingerprint density at radius 2 is 1.88 bits per heavy atom. The highest BCUT2D eigenvalue weighted by Crippen LogP contribution is 2.42. The monoisotopic (exact) mass is 356 g/mol. The highest BCUT2D eigenvalue weighted by atomic mass is 16.7. The van der Waals surface area contributed by atoms with E-state index in [1.54, 1.807) is 7.11 Å². The fourth-order valence-electron chi connectivity index (χ4n) is 3.11. The molecule has 0 fully saturated rings. The van der Waals surface area contributed by atoms with Gasteiger partial charge in [0.1, 0.15) is 17.8 Å². The van der Waals surface area contributed by atoms with E-state index < -0.39 is 5.79 Å². The molecule has 1 aliphatic rings. The number of benzene rings is 2. The van der Waals surface area contributed by atoms with Gasteiger partial charge in [-0.1, -0.05) is 24.3 Å². The van der Waals surface area contributed by atoms with Crippen molar-refractivity contribution in [1.82, 2.24) is 0 Å². The predicted molar refractivity (Wildman–Crippen MR) is 97.1 cm³/mol. The molecular formula is C21H24O5. The fourth-order valence-corrected chi connectivity index (χ4v) is 3.11. The van der Waals surface area contributed by atoms with E-state index in [0.29, 0.717) is 13.2 Å². The number of ether oxygens (including phenoxy) is 4. The van der Waals surface area contributed by atoms with Crippen molar-refractivity contribution < 1.29 is 23.7 Å². The van der Waals surface area contributed by atoms with Crippen molar-refractivity contribution in [1.29, 1.82) is 0 Å². The van der Waals surface area contributed by atoms with Gasteiger partial charge < -0.3 is 23.7 Å². The number of hydrogen-bond acceptors (Lipinski definition) is 5. The SMILES string of the molecule is COc1ccc(COCc2cccc3c2C(CC=O)OC(C)(C)O3)cc1. The number of methoxy groups -OCH3 is 1. The van der Waals surface area contributed by atoms with E-state index in [2.05, 4.69) is 0 Å². The van der Waals surface area contributed by atoms with Crippen LogP contribution in [0.5, 0.6) is 11.5 Å². The van der Waals surface area contributed by atoms with Crippen molar-refractivity contribution in [2.75, 3.05) is 7.11 Å². The summed E-state index contributed by atoms with van der Waals surface area (Å²) in [5.41, 5.74) is 2.93. The van der Waals surface area contributed by atoms with E-state index in [9.17, 15) is 4.79 Å². The summed E-state index contributed by atoms with van der Waals surface area (Å²) in [7, 11) is 1.64. The average Bonchev–Trinajstić information content (AvgIpc) is 2.61. The first-order chi connectivity index (χ1) is 12.5. The van der Waals surface area contributed by atoms with Crippen LogP contribution < -0.4 is 9.47 Å². The summed E-state index contributed by atoms with van der Waals surface area (Å²) in [6, 6.07) is 13.6. The first-order valence-electron chi connectivity index (χ1n) is 8.65. The summed E-state index contributed by atoms with van der Waals surface area (Å²) in [6.45, 7) is 4.60. The van der Waals surface area contributed by atoms with Crippen LogP contribution in [0.3, 0.4) is 0 Å². The van der Waals surface area contributed by atoms with Gasteiger partial charge in [-0.05, 0) is 29.3 Å². The maximum atomic E-state index is 11.1. The smallest absolute Gasteiger partial charge is 0.205 e. The van der Waals surface area contributed by atoms with Gasteiger partial charge in [0.2, 0.25) is 5.79 Å². The molecule has 2 aromatic carbocycles. The molecule has 138 valence electrons. The van der Waals surface area contributed by atoms with Crippen LogP contribution in [0.25, 0.3) is 0 Å². The number of carbonyl (C=O) groups is 1. The number of fused-ring (bicyclic) bond motifs is 1. The Hall–Kier alpha value is -2.37. The van der Waals surface area contributed by atoms with Crippen LogP contribution in [0.4, 0.5) is 0 Å². The maximum Gasteiger partial charge on any atom is 0.205 e. The van der Waals surface area contributed by atoms with Crippen molar-refractivity contribution in [2.24, 2.45) is 0 Å². The molecule has 26 heavy (non-hydrogen) atoms. The van der Waals surface area contributed by atoms with Crippen LogP contribution in [-0.2, 0) is 27.5 Å². The van der Waals surface area contributed by atoms with Gasteiger partial charge >= 0.3 is 0 Å². The number of rotatable bonds is 7. The van der Waals surface area contributed by atoms with E-state index in [-0.39, 0.29) is 12.5 Å². The van der Waals surface area contributed by atoms with E-state index in [1.807, 2.05) is 56.3 Å². The molecule has 1 atom stereocenters. The third kappa shape index (κ3) is 4.23. The third-order valence-corrected chi connectivity index (χ3v) is 4.26. The van der Waals surface area contributed by atoms with E-state index >= 15 is 0 Å². The van der Waals surface area contributed by atoms with Gasteiger partial charge in [-0.3, -0.25) is 0 Å². The molecule has 0 amide bonds. The zero-order chi connectivity index (χ0) is 18.6. The largest absolute Gasteiger partial charge is 0.497 e. The third-order valence-electron chi connectivity index (χ3n) is 4.26. The Morgan fingerprint density at radius 1 is 1.12 bits per heavy atom. The predicted octanol–water partition coefficient (Wildman–Crippen LogP) is 4.19. The molecule has 1 heterocycles. The topological polar surface area (TPSA) is 54.0 Å². The maximum absolute atomic E-state index is 11.1. The van der Waals surface area contributed by atoms with Crippen molar-refractivity contribution in [3.05, 3.63) is 59.2 Å². The molecule has 5 nitrogen and oxygen atoms in total. The van der Waals surface area contributed by atoms with Crippen LogP contribution >= 0.6 is 0 Å². The number of carbonyl (C=O) groups excluding carboxylic acids is 1. The molecule has 1 aliphatic heterocycles. The lowest BCUT2D eigenvalue weighted by Gasteiger charge is -2.38. The summed E-state index contributed by atoms with van der Waals surface area (Å²) >= 11 is 0. The lowest BCUT2D eigenvalue weighted by atomic mass is 9.97. The van der Waals surface area contributed by atoms with Gasteiger partial charge in [0, 0.05) is 25.8 Å². The summed E-state index contributed by atoms with van der Waals surface area (Å²) in [4.78, 5) is 11.1. The lowest BCUT2D eigenvalue weighted by Crippen LogP contribution is -2.38. The lowest BCUT2D eigenvalue weighted by molar-refractivity contribution is -0.207. The Morgan fingerprint density at radius 3 is 2.58 bits per heavy atom. The highest BCUT2D eigenvalue weighted by Gasteiger charge is 2.35. The van der Waals surface area contributed by atoms with Gasteiger partial charge in [0.25, 0.3) is 0 Å². The van der Waals surface area contributed by atoms with Gasteiger partial charge in [0.15, 0.2) is 0 Å². The minimum absolute atomic E-state index is 0.287. The molecule has 0 saturated heterocycles. The molecule has 1 unspecified atom stereocenters. The molecule has 2 aromatic rings. The zero-order valence-corrected chi connectivity index (χ0v) is 15.4. The van der Waals surface area contributed by atoms with Crippen molar-refractivity contribution in [2.45, 2.75) is 45.4 Å². The van der Waals surface area contributed by atoms with Crippen molar-refractivity contribution >= 4 is 6.29 Å². The highest BCUT2D eigenvalue weighted by molar-refractivity contribution is 5.54. The van der Waals surface area contributed by atoms with Gasteiger partial charge in [-0.15, -0.1) is 0 Å². The molecule has 0 bridgehead atoms. The van der Waals surface area contributed by atoms with Gasteiger partial charge in [0.05, 0.1) is 26.4 Å². The zero-order valence-electron chi connectivity index (χ0n) is 15.4. The quantitative estimate of drug-likeness (QED) is 0.697. The minimum Gasteiger partial charge on any atom is -0.497 e. The summed E-state index contributed by atoms with van der Waals surface area (Å²) in [5, 5.41) is 0. The molecule has 0 radical (unpaired) electrons. The number of aldehydes is 1. The Labute approximate surface area is 153 Å². The van der Waals surface area contributed by atoms with Crippen LogP contribution in [0.2, 0.25) is 0 Å². The van der Waals surface area contributed by atoms with Crippen molar-refractivity contribution in [3.8, 4) is 11.5 Å². The average molecular weight is 356 g/mol. The molecule has 0 aliphatic carbocycles. The summed E-state index contributed by atoms with van der Waals surface area (Å²) in [5.74, 6) is 0.807. The second-order valence-electron chi connectivity index (χ2n) is 6.68. The van der Waals surface area contributed by atoms with Crippen LogP contribution in [0.1, 0.15) is 43.1 Å². The Balaban J connectivity index is 1.73. The van der Waals surface area contributed by atoms with E-state index in [1.165, 1.54) is 0 Å². The normalized spacial score (nSPS) is 17.9. The summed E-state index contributed by atoms with van der Waals surface area (Å²) in [6.07, 6.45) is 0.840. The first kappa shape index (κ1) is 18.4. The molecule has 0 spiro atoms. The summed E-state index contributed by atoms with van der Waals surface area (Å²) < 4.78 is 22.9. The first-order valence-corrected chi connectivity index (χ1v) is 8.65. The van der Waals surface area contributed by atoms with E-state index in [4.69, 9.17) is 18.9 Å². The van der Waals surface area contributed by atoms with Gasteiger partial charge in [-0.2, -0.15) is 0 Å². The molecule has 0 saturated carbocycles. The molecule has 0 N–H and O–H groups in total. The second kappa shape index (κ2) is 7.89. The van der Waals surface area contributed by atoms with Crippen LogP contribution in [0.15, 0.2) is 42.5 Å². The molecule has 0 aromatic heterocycles. The Kier molecular flexibility index (Phi) is 5.59. The Bertz CT molecular complexity index is 751. The van der Waals surface area contributed by atoms with Crippen LogP contribution in [0, 0.1) is 0 Å². The molecule has 5 heteroatoms. The fraction of sp³-hybridized carbons (Fsp3) is 0.381. The number of hydrogen-bond donors (Lipinski definition) is 0. The molecular weight excluding hydrogens is 332 g/mol. The molecule has 3 rings (SSSR count). The van der Waals surface area contributed by atoms with Gasteiger partial charge in [-0.25, -0.2) is 0 Å².